The van der Waals surface area contributed by atoms with Crippen molar-refractivity contribution in [2.75, 3.05) is 25.0 Å². The quantitative estimate of drug-likeness (QED) is 0.901. The van der Waals surface area contributed by atoms with Crippen LogP contribution in [0, 0.1) is 12.8 Å². The third-order valence-corrected chi connectivity index (χ3v) is 4.68. The van der Waals surface area contributed by atoms with Crippen molar-refractivity contribution < 1.29 is 0 Å². The van der Waals surface area contributed by atoms with Gasteiger partial charge in [-0.2, -0.15) is 0 Å². The summed E-state index contributed by atoms with van der Waals surface area (Å²) in [5.74, 6) is 0.878. The van der Waals surface area contributed by atoms with Crippen molar-refractivity contribution in [2.45, 2.75) is 25.8 Å². The molecule has 3 fully saturated rings. The first kappa shape index (κ1) is 11.5. The Morgan fingerprint density at radius 2 is 2.06 bits per heavy atom. The van der Waals surface area contributed by atoms with E-state index in [9.17, 15) is 0 Å². The van der Waals surface area contributed by atoms with Gasteiger partial charge in [0.15, 0.2) is 0 Å². The highest BCUT2D eigenvalue weighted by Crippen LogP contribution is 2.31. The lowest BCUT2D eigenvalue weighted by atomic mass is 9.84. The van der Waals surface area contributed by atoms with Gasteiger partial charge in [0.1, 0.15) is 0 Å². The van der Waals surface area contributed by atoms with Gasteiger partial charge in [0.2, 0.25) is 0 Å². The Morgan fingerprint density at radius 3 is 2.65 bits per heavy atom. The maximum atomic E-state index is 3.75. The highest BCUT2D eigenvalue weighted by atomic mass is 79.9. The van der Waals surface area contributed by atoms with Crippen LogP contribution in [0.25, 0.3) is 0 Å². The fourth-order valence-corrected chi connectivity index (χ4v) is 3.59. The molecule has 2 nitrogen and oxygen atoms in total. The number of piperidine rings is 3. The van der Waals surface area contributed by atoms with Crippen LogP contribution in [0.15, 0.2) is 22.7 Å². The summed E-state index contributed by atoms with van der Waals surface area (Å²) in [6.07, 6.45) is 2.74. The van der Waals surface area contributed by atoms with Crippen molar-refractivity contribution in [1.82, 2.24) is 4.90 Å². The van der Waals surface area contributed by atoms with Gasteiger partial charge in [0, 0.05) is 22.7 Å². The van der Waals surface area contributed by atoms with Gasteiger partial charge < -0.3 is 10.2 Å². The summed E-state index contributed by atoms with van der Waals surface area (Å²) < 4.78 is 1.16. The van der Waals surface area contributed by atoms with Crippen molar-refractivity contribution in [3.63, 3.8) is 0 Å². The summed E-state index contributed by atoms with van der Waals surface area (Å²) in [7, 11) is 0. The Balaban J connectivity index is 1.74. The maximum Gasteiger partial charge on any atom is 0.0417 e. The molecular weight excluding hydrogens is 276 g/mol. The zero-order valence-electron chi connectivity index (χ0n) is 10.2. The molecule has 0 aliphatic carbocycles. The molecule has 1 aromatic rings. The first-order valence-corrected chi connectivity index (χ1v) is 7.27. The Labute approximate surface area is 112 Å². The van der Waals surface area contributed by atoms with E-state index in [0.29, 0.717) is 6.04 Å². The van der Waals surface area contributed by atoms with Crippen LogP contribution in [-0.2, 0) is 0 Å². The summed E-state index contributed by atoms with van der Waals surface area (Å²) in [5.41, 5.74) is 2.63. The van der Waals surface area contributed by atoms with Gasteiger partial charge in [-0.3, -0.25) is 0 Å². The molecule has 0 aromatic heterocycles. The van der Waals surface area contributed by atoms with Crippen molar-refractivity contribution in [3.05, 3.63) is 28.2 Å². The third-order valence-electron chi connectivity index (χ3n) is 4.19. The van der Waals surface area contributed by atoms with Gasteiger partial charge in [-0.1, -0.05) is 15.9 Å². The monoisotopic (exact) mass is 294 g/mol. The number of anilines is 1. The predicted octanol–water partition coefficient (Wildman–Crippen LogP) is 3.26. The van der Waals surface area contributed by atoms with Crippen LogP contribution in [0.4, 0.5) is 5.69 Å². The van der Waals surface area contributed by atoms with Crippen molar-refractivity contribution in [2.24, 2.45) is 5.92 Å². The Hall–Kier alpha value is -0.540. The molecule has 1 N–H and O–H groups in total. The molecule has 3 aliphatic rings. The van der Waals surface area contributed by atoms with E-state index in [1.54, 1.807) is 0 Å². The van der Waals surface area contributed by atoms with Crippen molar-refractivity contribution in [1.29, 1.82) is 0 Å². The minimum atomic E-state index is 0.650. The largest absolute Gasteiger partial charge is 0.381 e. The molecule has 0 saturated carbocycles. The molecule has 3 heteroatoms. The first-order valence-electron chi connectivity index (χ1n) is 6.47. The molecule has 92 valence electrons. The lowest BCUT2D eigenvalue weighted by molar-refractivity contribution is 0.0975. The number of hydrogen-bond acceptors (Lipinski definition) is 2. The van der Waals surface area contributed by atoms with Gasteiger partial charge in [0.05, 0.1) is 0 Å². The Morgan fingerprint density at radius 1 is 1.29 bits per heavy atom. The number of fused-ring (bicyclic) bond motifs is 3. The third kappa shape index (κ3) is 2.36. The number of halogens is 1. The molecule has 3 heterocycles. The minimum absolute atomic E-state index is 0.650. The van der Waals surface area contributed by atoms with E-state index in [1.807, 2.05) is 0 Å². The molecule has 1 unspecified atom stereocenters. The van der Waals surface area contributed by atoms with Gasteiger partial charge in [-0.25, -0.2) is 0 Å². The summed E-state index contributed by atoms with van der Waals surface area (Å²) in [5, 5.41) is 3.75. The second-order valence-corrected chi connectivity index (χ2v) is 6.26. The summed E-state index contributed by atoms with van der Waals surface area (Å²) in [4.78, 5) is 2.59. The average Bonchev–Trinajstić information content (AvgIpc) is 2.34. The number of nitrogens with zero attached hydrogens (tertiary/aromatic N) is 1. The van der Waals surface area contributed by atoms with Crippen LogP contribution in [0.2, 0.25) is 0 Å². The second-order valence-electron chi connectivity index (χ2n) is 5.35. The van der Waals surface area contributed by atoms with Gasteiger partial charge in [0.25, 0.3) is 0 Å². The molecule has 17 heavy (non-hydrogen) atoms. The van der Waals surface area contributed by atoms with E-state index in [4.69, 9.17) is 0 Å². The summed E-state index contributed by atoms with van der Waals surface area (Å²) in [6.45, 7) is 6.01. The van der Waals surface area contributed by atoms with E-state index >= 15 is 0 Å². The van der Waals surface area contributed by atoms with Crippen LogP contribution in [0.1, 0.15) is 18.4 Å². The van der Waals surface area contributed by atoms with E-state index in [0.717, 1.165) is 10.4 Å². The van der Waals surface area contributed by atoms with E-state index in [1.165, 1.54) is 43.7 Å². The topological polar surface area (TPSA) is 15.3 Å². The maximum absolute atomic E-state index is 3.75. The molecule has 1 aromatic carbocycles. The SMILES string of the molecule is Cc1cc(Br)ccc1NC1CN2CCC1CC2. The fraction of sp³-hybridized carbons (Fsp3) is 0.571. The Kier molecular flexibility index (Phi) is 3.14. The van der Waals surface area contributed by atoms with Crippen LogP contribution in [0.5, 0.6) is 0 Å². The average molecular weight is 295 g/mol. The number of nitrogens with one attached hydrogen (secondary N) is 1. The molecule has 3 saturated heterocycles. The van der Waals surface area contributed by atoms with Gasteiger partial charge in [-0.05, 0) is 62.5 Å². The lowest BCUT2D eigenvalue weighted by Crippen LogP contribution is -2.53. The van der Waals surface area contributed by atoms with Gasteiger partial charge >= 0.3 is 0 Å². The summed E-state index contributed by atoms with van der Waals surface area (Å²) >= 11 is 3.52. The zero-order valence-corrected chi connectivity index (χ0v) is 11.8. The standard InChI is InChI=1S/C14H19BrN2/c1-10-8-12(15)2-3-13(10)16-14-9-17-6-4-11(14)5-7-17/h2-3,8,11,14,16H,4-7,9H2,1H3. The van der Waals surface area contributed by atoms with E-state index < -0.39 is 0 Å². The van der Waals surface area contributed by atoms with Crippen molar-refractivity contribution in [3.8, 4) is 0 Å². The molecule has 2 bridgehead atoms. The second kappa shape index (κ2) is 4.62. The normalized spacial score (nSPS) is 31.5. The van der Waals surface area contributed by atoms with Crippen LogP contribution >= 0.6 is 15.9 Å². The molecule has 0 spiro atoms. The molecule has 0 radical (unpaired) electrons. The highest BCUT2D eigenvalue weighted by molar-refractivity contribution is 9.10. The number of hydrogen-bond donors (Lipinski definition) is 1. The minimum Gasteiger partial charge on any atom is -0.381 e. The molecule has 0 amide bonds. The fourth-order valence-electron chi connectivity index (χ4n) is 3.12. The molecule has 4 rings (SSSR count). The highest BCUT2D eigenvalue weighted by Gasteiger charge is 2.33. The lowest BCUT2D eigenvalue weighted by Gasteiger charge is -2.45. The first-order chi connectivity index (χ1) is 8.22. The zero-order chi connectivity index (χ0) is 11.8. The van der Waals surface area contributed by atoms with Crippen LogP contribution < -0.4 is 5.32 Å². The molecular formula is C14H19BrN2. The number of aryl methyl sites for hydroxylation is 1. The summed E-state index contributed by atoms with van der Waals surface area (Å²) in [6, 6.07) is 7.15. The molecule has 1 atom stereocenters. The van der Waals surface area contributed by atoms with Crippen molar-refractivity contribution >= 4 is 21.6 Å². The number of rotatable bonds is 2. The van der Waals surface area contributed by atoms with E-state index in [-0.39, 0.29) is 0 Å². The predicted molar refractivity (Wildman–Crippen MR) is 75.5 cm³/mol. The smallest absolute Gasteiger partial charge is 0.0417 e. The van der Waals surface area contributed by atoms with E-state index in [2.05, 4.69) is 51.3 Å². The number of benzene rings is 1. The van der Waals surface area contributed by atoms with Gasteiger partial charge in [-0.15, -0.1) is 0 Å². The van der Waals surface area contributed by atoms with Crippen LogP contribution in [0.3, 0.4) is 0 Å². The Bertz CT molecular complexity index is 411. The molecule has 3 aliphatic heterocycles. The van der Waals surface area contributed by atoms with Crippen LogP contribution in [-0.4, -0.2) is 30.6 Å².